The molecule has 1 fully saturated rings. The van der Waals surface area contributed by atoms with Crippen molar-refractivity contribution >= 4 is 24.3 Å². The van der Waals surface area contributed by atoms with Crippen molar-refractivity contribution in [2.75, 3.05) is 13.2 Å². The summed E-state index contributed by atoms with van der Waals surface area (Å²) in [6.45, 7) is -1.34. The van der Waals surface area contributed by atoms with Gasteiger partial charge in [-0.15, -0.1) is 0 Å². The van der Waals surface area contributed by atoms with Crippen molar-refractivity contribution in [1.29, 1.82) is 0 Å². The molecule has 1 unspecified atom stereocenters. The number of aliphatic hydroxyl groups excluding tert-OH is 6. The van der Waals surface area contributed by atoms with Crippen molar-refractivity contribution in [3.05, 3.63) is 0 Å². The van der Waals surface area contributed by atoms with Gasteiger partial charge in [0.05, 0.1) is 0 Å². The fourth-order valence-electron chi connectivity index (χ4n) is 2.21. The maximum absolute atomic E-state index is 10.6. The van der Waals surface area contributed by atoms with Crippen LogP contribution in [-0.2, 0) is 14.6 Å². The quantitative estimate of drug-likeness (QED) is 0.156. The Bertz CT molecular complexity index is 445. The molecular formula is C10H21O10SSe+. The second kappa shape index (κ2) is 8.31. The molecule has 0 amide bonds. The summed E-state index contributed by atoms with van der Waals surface area (Å²) in [5.74, 6) is 0. The zero-order chi connectivity index (χ0) is 17.1. The van der Waals surface area contributed by atoms with Gasteiger partial charge in [0.1, 0.15) is 0 Å². The van der Waals surface area contributed by atoms with Crippen LogP contribution in [0.25, 0.3) is 0 Å². The number of hydrogen-bond acceptors (Lipinski definition) is 9. The molecule has 1 saturated heterocycles. The summed E-state index contributed by atoms with van der Waals surface area (Å²) in [7, 11) is -4.92. The van der Waals surface area contributed by atoms with Gasteiger partial charge in [0.2, 0.25) is 0 Å². The van der Waals surface area contributed by atoms with E-state index in [1.54, 1.807) is 0 Å². The molecule has 7 atom stereocenters. The summed E-state index contributed by atoms with van der Waals surface area (Å²) in [4.78, 5) is -0.577. The van der Waals surface area contributed by atoms with Crippen molar-refractivity contribution < 1.29 is 47.8 Å². The molecule has 1 aliphatic rings. The molecule has 0 saturated carbocycles. The van der Waals surface area contributed by atoms with Gasteiger partial charge in [0, 0.05) is 0 Å². The van der Waals surface area contributed by atoms with Crippen LogP contribution in [0.3, 0.4) is 0 Å². The molecule has 0 radical (unpaired) electrons. The van der Waals surface area contributed by atoms with E-state index in [4.69, 9.17) is 9.66 Å². The van der Waals surface area contributed by atoms with Crippen LogP contribution >= 0.6 is 0 Å². The van der Waals surface area contributed by atoms with E-state index in [2.05, 4.69) is 4.18 Å². The minimum absolute atomic E-state index is 0.0498. The Kier molecular flexibility index (Phi) is 7.63. The molecule has 22 heavy (non-hydrogen) atoms. The predicted octanol–water partition coefficient (Wildman–Crippen LogP) is -3.52. The first-order chi connectivity index (χ1) is 10.1. The van der Waals surface area contributed by atoms with Gasteiger partial charge >= 0.3 is 131 Å². The molecule has 10 nitrogen and oxygen atoms in total. The van der Waals surface area contributed by atoms with Gasteiger partial charge < -0.3 is 0 Å². The second-order valence-corrected chi connectivity index (χ2v) is 10.9. The fraction of sp³-hybridized carbons (Fsp3) is 1.00. The van der Waals surface area contributed by atoms with Crippen molar-refractivity contribution in [2.45, 2.75) is 46.0 Å². The van der Waals surface area contributed by atoms with E-state index in [9.17, 15) is 34.0 Å². The number of hydrogen-bond donors (Lipinski definition) is 7. The molecule has 0 aromatic rings. The van der Waals surface area contributed by atoms with Crippen LogP contribution in [-0.4, -0.2) is 101 Å². The molecule has 0 spiro atoms. The van der Waals surface area contributed by atoms with Gasteiger partial charge in [-0.1, -0.05) is 0 Å². The van der Waals surface area contributed by atoms with E-state index < -0.39 is 66.2 Å². The Balaban J connectivity index is 2.68. The average Bonchev–Trinajstić information content (AvgIpc) is 2.68. The average molecular weight is 412 g/mol. The molecule has 0 aromatic carbocycles. The van der Waals surface area contributed by atoms with Crippen LogP contribution in [0.4, 0.5) is 0 Å². The molecule has 132 valence electrons. The third kappa shape index (κ3) is 5.35. The van der Waals surface area contributed by atoms with Crippen LogP contribution in [0.15, 0.2) is 0 Å². The van der Waals surface area contributed by atoms with Crippen LogP contribution in [0.5, 0.6) is 0 Å². The third-order valence-corrected chi connectivity index (χ3v) is 9.77. The Labute approximate surface area is 131 Å². The van der Waals surface area contributed by atoms with Crippen LogP contribution in [0, 0.1) is 0 Å². The van der Waals surface area contributed by atoms with E-state index in [-0.39, 0.29) is 17.2 Å². The van der Waals surface area contributed by atoms with Crippen molar-refractivity contribution in [2.24, 2.45) is 0 Å². The van der Waals surface area contributed by atoms with Gasteiger partial charge in [0.25, 0.3) is 0 Å². The molecule has 0 aliphatic carbocycles. The predicted molar refractivity (Wildman–Crippen MR) is 73.7 cm³/mol. The summed E-state index contributed by atoms with van der Waals surface area (Å²) < 4.78 is 33.8. The second-order valence-electron chi connectivity index (χ2n) is 4.95. The van der Waals surface area contributed by atoms with E-state index in [0.29, 0.717) is 0 Å². The SMILES string of the molecule is O=S(=O)(O)O[C@@H](CO)[C@@H](O)[C@H](O)C[Se+]1C[C@@H](O)[C@H](O)[C@H]1CO. The Morgan fingerprint density at radius 1 is 1.23 bits per heavy atom. The summed E-state index contributed by atoms with van der Waals surface area (Å²) >= 11 is -1.89. The first kappa shape index (κ1) is 20.2. The molecule has 0 aromatic heterocycles. The minimum atomic E-state index is -4.92. The zero-order valence-corrected chi connectivity index (χ0v) is 14.0. The van der Waals surface area contributed by atoms with Gasteiger partial charge in [-0.05, 0) is 0 Å². The molecule has 7 N–H and O–H groups in total. The fourth-order valence-corrected chi connectivity index (χ4v) is 8.34. The summed E-state index contributed by atoms with van der Waals surface area (Å²) in [6.07, 6.45) is -7.18. The van der Waals surface area contributed by atoms with E-state index in [0.717, 1.165) is 0 Å². The van der Waals surface area contributed by atoms with Crippen LogP contribution in [0.1, 0.15) is 0 Å². The van der Waals surface area contributed by atoms with Gasteiger partial charge in [-0.2, -0.15) is 0 Å². The standard InChI is InChI=1S/C10H20O10SSe/c11-1-7(20-21(17,18)19)9(15)5(13)3-22-4-6(14)10(16)8(22)2-12/h5-16H,1-4H2/p+1/t5-,6-,7+,8-,9+,10+,22?/m1/s1. The number of rotatable bonds is 8. The van der Waals surface area contributed by atoms with E-state index in [1.165, 1.54) is 0 Å². The first-order valence-corrected chi connectivity index (χ1v) is 11.1. The van der Waals surface area contributed by atoms with E-state index in [1.807, 2.05) is 0 Å². The third-order valence-electron chi connectivity index (χ3n) is 3.35. The van der Waals surface area contributed by atoms with Gasteiger partial charge in [0.15, 0.2) is 0 Å². The topological polar surface area (TPSA) is 185 Å². The summed E-state index contributed by atoms with van der Waals surface area (Å²) in [6, 6.07) is 0. The molecular weight excluding hydrogens is 391 g/mol. The molecule has 1 heterocycles. The normalized spacial score (nSPS) is 33.6. The molecule has 0 bridgehead atoms. The summed E-state index contributed by atoms with van der Waals surface area (Å²) in [5, 5.41) is 57.4. The first-order valence-electron chi connectivity index (χ1n) is 6.36. The monoisotopic (exact) mass is 413 g/mol. The maximum atomic E-state index is 10.6. The van der Waals surface area contributed by atoms with Crippen molar-refractivity contribution in [1.82, 2.24) is 0 Å². The van der Waals surface area contributed by atoms with Crippen molar-refractivity contribution in [3.8, 4) is 0 Å². The van der Waals surface area contributed by atoms with Crippen LogP contribution in [0.2, 0.25) is 15.5 Å². The molecule has 1 rings (SSSR count). The molecule has 12 heteroatoms. The van der Waals surface area contributed by atoms with Crippen molar-refractivity contribution in [3.63, 3.8) is 0 Å². The van der Waals surface area contributed by atoms with E-state index >= 15 is 0 Å². The zero-order valence-electron chi connectivity index (χ0n) is 11.5. The van der Waals surface area contributed by atoms with Gasteiger partial charge in [-0.25, -0.2) is 0 Å². The summed E-state index contributed by atoms with van der Waals surface area (Å²) in [5.41, 5.74) is 0. The number of aliphatic hydroxyl groups is 6. The Morgan fingerprint density at radius 3 is 2.27 bits per heavy atom. The Morgan fingerprint density at radius 2 is 1.82 bits per heavy atom. The van der Waals surface area contributed by atoms with Gasteiger partial charge in [-0.3, -0.25) is 0 Å². The molecule has 1 aliphatic heterocycles. The van der Waals surface area contributed by atoms with Crippen LogP contribution < -0.4 is 0 Å². The Hall–Kier alpha value is 0.149.